The van der Waals surface area contributed by atoms with Crippen molar-refractivity contribution in [3.05, 3.63) is 106 Å². The van der Waals surface area contributed by atoms with Gasteiger partial charge in [0.15, 0.2) is 0 Å². The van der Waals surface area contributed by atoms with Crippen LogP contribution in [0.15, 0.2) is 72.8 Å². The molecule has 1 aliphatic carbocycles. The molecule has 3 nitrogen and oxygen atoms in total. The van der Waals surface area contributed by atoms with Crippen molar-refractivity contribution in [2.45, 2.75) is 49.8 Å². The van der Waals surface area contributed by atoms with E-state index < -0.39 is 16.8 Å². The Kier molecular flexibility index (Phi) is 6.19. The first-order valence-electron chi connectivity index (χ1n) is 11.1. The van der Waals surface area contributed by atoms with Gasteiger partial charge in [-0.1, -0.05) is 93.6 Å². The molecular weight excluding hydrogens is 414 g/mol. The van der Waals surface area contributed by atoms with Crippen LogP contribution in [-0.2, 0) is 27.8 Å². The lowest BCUT2D eigenvalue weighted by Gasteiger charge is -2.37. The zero-order chi connectivity index (χ0) is 22.9. The highest BCUT2D eigenvalue weighted by molar-refractivity contribution is 8.00. The van der Waals surface area contributed by atoms with Crippen molar-refractivity contribution in [3.8, 4) is 0 Å². The molecule has 0 amide bonds. The Morgan fingerprint density at radius 3 is 1.91 bits per heavy atom. The number of fused-ring (bicyclic) bond motifs is 2. The van der Waals surface area contributed by atoms with Crippen molar-refractivity contribution in [1.82, 2.24) is 0 Å². The SMILES string of the molecule is CC(C)(C)c1ccc(C2(SC[C@H](N)C(=O)O)c3ccccc3CCc3ccccc32)cc1. The largest absolute Gasteiger partial charge is 0.480 e. The van der Waals surface area contributed by atoms with Crippen LogP contribution in [0.1, 0.15) is 54.2 Å². The number of hydrogen-bond acceptors (Lipinski definition) is 3. The van der Waals surface area contributed by atoms with Crippen LogP contribution in [0, 0.1) is 0 Å². The Hall–Kier alpha value is -2.56. The minimum Gasteiger partial charge on any atom is -0.480 e. The summed E-state index contributed by atoms with van der Waals surface area (Å²) < 4.78 is -0.521. The maximum Gasteiger partial charge on any atom is 0.321 e. The number of aryl methyl sites for hydroxylation is 2. The van der Waals surface area contributed by atoms with E-state index in [4.69, 9.17) is 5.73 Å². The molecule has 1 aliphatic rings. The van der Waals surface area contributed by atoms with Crippen LogP contribution in [0.4, 0.5) is 0 Å². The van der Waals surface area contributed by atoms with Gasteiger partial charge in [-0.3, -0.25) is 4.79 Å². The molecule has 4 heteroatoms. The number of hydrogen-bond donors (Lipinski definition) is 2. The number of benzene rings is 3. The summed E-state index contributed by atoms with van der Waals surface area (Å²) in [6.07, 6.45) is 1.92. The average Bonchev–Trinajstić information content (AvgIpc) is 2.92. The minimum absolute atomic E-state index is 0.0593. The molecule has 0 aromatic heterocycles. The van der Waals surface area contributed by atoms with Crippen LogP contribution >= 0.6 is 11.8 Å². The van der Waals surface area contributed by atoms with Crippen molar-refractivity contribution < 1.29 is 9.90 Å². The second-order valence-electron chi connectivity index (χ2n) is 9.58. The van der Waals surface area contributed by atoms with Crippen LogP contribution in [0.25, 0.3) is 0 Å². The standard InChI is InChI=1S/C28H31NO2S/c1-27(2,3)21-14-16-22(17-15-21)28(32-18-25(29)26(30)31)23-10-6-4-8-19(23)12-13-20-9-5-7-11-24(20)28/h4-11,14-17,25H,12-13,18,29H2,1-3H3,(H,30,31)/t25-/m0/s1. The fourth-order valence-electron chi connectivity index (χ4n) is 4.62. The van der Waals surface area contributed by atoms with Gasteiger partial charge in [0.25, 0.3) is 0 Å². The summed E-state index contributed by atoms with van der Waals surface area (Å²) in [4.78, 5) is 11.6. The maximum absolute atomic E-state index is 11.6. The Labute approximate surface area is 195 Å². The second-order valence-corrected chi connectivity index (χ2v) is 10.8. The highest BCUT2D eigenvalue weighted by Gasteiger charge is 2.42. The number of rotatable bonds is 5. The van der Waals surface area contributed by atoms with E-state index in [2.05, 4.69) is 93.6 Å². The molecule has 3 aromatic rings. The summed E-state index contributed by atoms with van der Waals surface area (Å²) >= 11 is 1.64. The third-order valence-electron chi connectivity index (χ3n) is 6.41. The lowest BCUT2D eigenvalue weighted by atomic mass is 9.80. The van der Waals surface area contributed by atoms with Crippen LogP contribution in [0.5, 0.6) is 0 Å². The number of carboxylic acid groups (broad SMARTS) is 1. The van der Waals surface area contributed by atoms with Crippen LogP contribution in [0.3, 0.4) is 0 Å². The average molecular weight is 446 g/mol. The first kappa shape index (κ1) is 22.6. The molecule has 1 atom stereocenters. The summed E-state index contributed by atoms with van der Waals surface area (Å²) in [6.45, 7) is 6.65. The smallest absolute Gasteiger partial charge is 0.321 e. The Morgan fingerprint density at radius 1 is 0.938 bits per heavy atom. The summed E-state index contributed by atoms with van der Waals surface area (Å²) in [5.41, 5.74) is 13.6. The van der Waals surface area contributed by atoms with E-state index in [1.807, 2.05) is 0 Å². The predicted octanol–water partition coefficient (Wildman–Crippen LogP) is 5.52. The lowest BCUT2D eigenvalue weighted by Crippen LogP contribution is -2.36. The molecule has 0 saturated carbocycles. The van der Waals surface area contributed by atoms with Gasteiger partial charge in [-0.2, -0.15) is 0 Å². The van der Waals surface area contributed by atoms with E-state index in [1.165, 1.54) is 27.8 Å². The molecule has 0 radical (unpaired) electrons. The topological polar surface area (TPSA) is 63.3 Å². The monoisotopic (exact) mass is 445 g/mol. The highest BCUT2D eigenvalue weighted by atomic mass is 32.2. The summed E-state index contributed by atoms with van der Waals surface area (Å²) in [5.74, 6) is -0.648. The molecule has 3 N–H and O–H groups in total. The molecular formula is C28H31NO2S. The minimum atomic E-state index is -0.967. The first-order chi connectivity index (χ1) is 15.2. The molecule has 0 saturated heterocycles. The number of carbonyl (C=O) groups is 1. The fraction of sp³-hybridized carbons (Fsp3) is 0.321. The molecule has 0 unspecified atom stereocenters. The molecule has 4 rings (SSSR count). The van der Waals surface area contributed by atoms with Gasteiger partial charge in [-0.15, -0.1) is 11.8 Å². The molecule has 0 spiro atoms. The molecule has 0 heterocycles. The van der Waals surface area contributed by atoms with Crippen molar-refractivity contribution in [2.24, 2.45) is 5.73 Å². The molecule has 0 fully saturated rings. The molecule has 3 aromatic carbocycles. The summed E-state index contributed by atoms with van der Waals surface area (Å²) in [6, 6.07) is 25.1. The van der Waals surface area contributed by atoms with Crippen LogP contribution in [0.2, 0.25) is 0 Å². The van der Waals surface area contributed by atoms with Gasteiger partial charge in [-0.05, 0) is 51.6 Å². The number of aliphatic carboxylic acids is 1. The summed E-state index contributed by atoms with van der Waals surface area (Å²) in [7, 11) is 0. The first-order valence-corrected chi connectivity index (χ1v) is 12.1. The van der Waals surface area contributed by atoms with E-state index >= 15 is 0 Å². The Balaban J connectivity index is 1.98. The van der Waals surface area contributed by atoms with E-state index in [9.17, 15) is 9.90 Å². The molecule has 0 bridgehead atoms. The third-order valence-corrected chi connectivity index (χ3v) is 8.05. The summed E-state index contributed by atoms with van der Waals surface area (Å²) in [5, 5.41) is 9.50. The van der Waals surface area contributed by atoms with E-state index in [1.54, 1.807) is 11.8 Å². The fourth-order valence-corrected chi connectivity index (χ4v) is 6.20. The Morgan fingerprint density at radius 2 is 1.44 bits per heavy atom. The van der Waals surface area contributed by atoms with Crippen molar-refractivity contribution in [2.75, 3.05) is 5.75 Å². The lowest BCUT2D eigenvalue weighted by molar-refractivity contribution is -0.137. The zero-order valence-electron chi connectivity index (χ0n) is 19.0. The highest BCUT2D eigenvalue weighted by Crippen LogP contribution is 2.52. The second kappa shape index (κ2) is 8.76. The van der Waals surface area contributed by atoms with Gasteiger partial charge >= 0.3 is 5.97 Å². The van der Waals surface area contributed by atoms with Crippen LogP contribution in [-0.4, -0.2) is 22.9 Å². The maximum atomic E-state index is 11.6. The van der Waals surface area contributed by atoms with Gasteiger partial charge in [0.2, 0.25) is 0 Å². The third kappa shape index (κ3) is 4.10. The van der Waals surface area contributed by atoms with E-state index in [-0.39, 0.29) is 5.41 Å². The van der Waals surface area contributed by atoms with Gasteiger partial charge < -0.3 is 10.8 Å². The molecule has 32 heavy (non-hydrogen) atoms. The van der Waals surface area contributed by atoms with Crippen molar-refractivity contribution in [3.63, 3.8) is 0 Å². The van der Waals surface area contributed by atoms with E-state index in [0.717, 1.165) is 18.4 Å². The van der Waals surface area contributed by atoms with Crippen molar-refractivity contribution >= 4 is 17.7 Å². The number of nitrogens with two attached hydrogens (primary N) is 1. The number of thioether (sulfide) groups is 1. The van der Waals surface area contributed by atoms with Gasteiger partial charge in [0, 0.05) is 5.75 Å². The zero-order valence-corrected chi connectivity index (χ0v) is 19.8. The Bertz CT molecular complexity index is 1070. The van der Waals surface area contributed by atoms with Crippen molar-refractivity contribution in [1.29, 1.82) is 0 Å². The van der Waals surface area contributed by atoms with Gasteiger partial charge in [-0.25, -0.2) is 0 Å². The van der Waals surface area contributed by atoms with Gasteiger partial charge in [0.05, 0.1) is 4.75 Å². The predicted molar refractivity (Wildman–Crippen MR) is 133 cm³/mol. The molecule has 166 valence electrons. The van der Waals surface area contributed by atoms with Gasteiger partial charge in [0.1, 0.15) is 6.04 Å². The molecule has 0 aliphatic heterocycles. The number of carboxylic acids is 1. The quantitative estimate of drug-likeness (QED) is 0.543. The normalized spacial score (nSPS) is 15.9. The van der Waals surface area contributed by atoms with E-state index in [0.29, 0.717) is 5.75 Å². The van der Waals surface area contributed by atoms with Crippen LogP contribution < -0.4 is 5.73 Å².